The Labute approximate surface area is 75.4 Å². The monoisotopic (exact) mass is 134 g/mol. The Morgan fingerprint density at radius 3 is 1.40 bits per heavy atom. The van der Waals surface area contributed by atoms with E-state index in [1.807, 2.05) is 0 Å². The topological polar surface area (TPSA) is 36.2 Å². The van der Waals surface area contributed by atoms with Crippen LogP contribution in [0.1, 0.15) is 27.7 Å². The molecule has 0 aromatic rings. The molecule has 54 valence electrons. The summed E-state index contributed by atoms with van der Waals surface area (Å²) in [7, 11) is 0. The zero-order valence-corrected chi connectivity index (χ0v) is 7.60. The van der Waals surface area contributed by atoms with Crippen LogP contribution in [0.4, 0.5) is 0 Å². The van der Waals surface area contributed by atoms with Crippen molar-refractivity contribution in [3.05, 3.63) is 5.84 Å². The van der Waals surface area contributed by atoms with Gasteiger partial charge in [0.2, 0.25) is 0 Å². The molecule has 0 fully saturated rings. The zero-order chi connectivity index (χ0) is 7.44. The molecular formula is C7H15LiN2. The van der Waals surface area contributed by atoms with Gasteiger partial charge < -0.3 is 10.9 Å². The van der Waals surface area contributed by atoms with Crippen molar-refractivity contribution >= 4 is 5.71 Å². The predicted molar refractivity (Wildman–Crippen MR) is 41.4 cm³/mol. The Kier molecular flexibility index (Phi) is 7.41. The maximum absolute atomic E-state index is 6.81. The predicted octanol–water partition coefficient (Wildman–Crippen LogP) is -0.289. The van der Waals surface area contributed by atoms with Crippen LogP contribution in [0.5, 0.6) is 0 Å². The van der Waals surface area contributed by atoms with E-state index in [-0.39, 0.29) is 18.9 Å². The van der Waals surface area contributed by atoms with Crippen LogP contribution in [0.25, 0.3) is 5.84 Å². The SMILES string of the molecule is CC(C)C(=N[NH-])C(C)C.[Li+]. The molecule has 0 atom stereocenters. The molecule has 0 bridgehead atoms. The van der Waals surface area contributed by atoms with Gasteiger partial charge in [0, 0.05) is 0 Å². The van der Waals surface area contributed by atoms with Crippen molar-refractivity contribution in [2.24, 2.45) is 16.9 Å². The van der Waals surface area contributed by atoms with Crippen LogP contribution in [0.3, 0.4) is 0 Å². The Morgan fingerprint density at radius 2 is 1.40 bits per heavy atom. The molecule has 1 N–H and O–H groups in total. The van der Waals surface area contributed by atoms with E-state index < -0.39 is 0 Å². The molecule has 0 rings (SSSR count). The van der Waals surface area contributed by atoms with Crippen LogP contribution in [0.15, 0.2) is 5.10 Å². The zero-order valence-electron chi connectivity index (χ0n) is 7.60. The third kappa shape index (κ3) is 3.98. The van der Waals surface area contributed by atoms with Crippen LogP contribution in [0.2, 0.25) is 0 Å². The molecule has 0 spiro atoms. The molecule has 0 radical (unpaired) electrons. The summed E-state index contributed by atoms with van der Waals surface area (Å²) < 4.78 is 0. The van der Waals surface area contributed by atoms with Crippen molar-refractivity contribution in [1.29, 1.82) is 0 Å². The van der Waals surface area contributed by atoms with E-state index in [9.17, 15) is 0 Å². The molecule has 0 saturated heterocycles. The van der Waals surface area contributed by atoms with Gasteiger partial charge in [0.1, 0.15) is 0 Å². The Hall–Kier alpha value is 0.0674. The van der Waals surface area contributed by atoms with Gasteiger partial charge >= 0.3 is 18.9 Å². The average molecular weight is 134 g/mol. The Balaban J connectivity index is 0. The summed E-state index contributed by atoms with van der Waals surface area (Å²) in [6, 6.07) is 0. The van der Waals surface area contributed by atoms with Gasteiger partial charge in [0.25, 0.3) is 0 Å². The molecule has 0 saturated carbocycles. The Bertz CT molecular complexity index is 98.2. The fourth-order valence-electron chi connectivity index (χ4n) is 0.925. The molecule has 2 nitrogen and oxygen atoms in total. The van der Waals surface area contributed by atoms with Gasteiger partial charge in [-0.3, -0.25) is 0 Å². The first kappa shape index (κ1) is 12.7. The minimum atomic E-state index is 0. The summed E-state index contributed by atoms with van der Waals surface area (Å²) in [5.41, 5.74) is 0.981. The van der Waals surface area contributed by atoms with Crippen LogP contribution < -0.4 is 18.9 Å². The molecule has 0 aromatic carbocycles. The molecule has 0 aliphatic carbocycles. The summed E-state index contributed by atoms with van der Waals surface area (Å²) in [6.45, 7) is 8.25. The smallest absolute Gasteiger partial charge is 0.617 e. The van der Waals surface area contributed by atoms with Gasteiger partial charge in [-0.1, -0.05) is 27.7 Å². The summed E-state index contributed by atoms with van der Waals surface area (Å²) in [5, 5.41) is 3.45. The second kappa shape index (κ2) is 5.82. The summed E-state index contributed by atoms with van der Waals surface area (Å²) in [4.78, 5) is 0. The molecule has 0 heterocycles. The normalized spacial score (nSPS) is 9.40. The van der Waals surface area contributed by atoms with Gasteiger partial charge in [-0.2, -0.15) is 0 Å². The average Bonchev–Trinajstić information content (AvgIpc) is 1.64. The van der Waals surface area contributed by atoms with Gasteiger partial charge in [-0.25, -0.2) is 0 Å². The van der Waals surface area contributed by atoms with Crippen LogP contribution >= 0.6 is 0 Å². The van der Waals surface area contributed by atoms with Crippen LogP contribution in [0, 0.1) is 11.8 Å². The van der Waals surface area contributed by atoms with Crippen LogP contribution in [-0.2, 0) is 0 Å². The van der Waals surface area contributed by atoms with Gasteiger partial charge in [-0.15, -0.1) is 0 Å². The number of nitrogens with one attached hydrogen (secondary N) is 1. The first-order valence-electron chi connectivity index (χ1n) is 3.33. The molecular weight excluding hydrogens is 119 g/mol. The summed E-state index contributed by atoms with van der Waals surface area (Å²) >= 11 is 0. The van der Waals surface area contributed by atoms with E-state index in [0.717, 1.165) is 5.71 Å². The summed E-state index contributed by atoms with van der Waals surface area (Å²) in [6.07, 6.45) is 0. The van der Waals surface area contributed by atoms with E-state index in [1.54, 1.807) is 0 Å². The standard InChI is InChI=1S/C7H15N2.Li/c1-5(2)7(9-8)6(3)4;/h5-6,8H,1-4H3;/q-1;+1. The molecule has 0 aromatic heterocycles. The molecule has 0 aliphatic rings. The third-order valence-electron chi connectivity index (χ3n) is 1.31. The van der Waals surface area contributed by atoms with Crippen molar-refractivity contribution in [2.75, 3.05) is 0 Å². The Morgan fingerprint density at radius 1 is 1.10 bits per heavy atom. The van der Waals surface area contributed by atoms with Crippen LogP contribution in [-0.4, -0.2) is 5.71 Å². The minimum absolute atomic E-state index is 0. The second-order valence-electron chi connectivity index (χ2n) is 2.85. The maximum atomic E-state index is 6.81. The molecule has 0 unspecified atom stereocenters. The fraction of sp³-hybridized carbons (Fsp3) is 0.857. The second-order valence-corrected chi connectivity index (χ2v) is 2.85. The van der Waals surface area contributed by atoms with Crippen molar-refractivity contribution in [2.45, 2.75) is 27.7 Å². The largest absolute Gasteiger partial charge is 1.00 e. The van der Waals surface area contributed by atoms with E-state index in [2.05, 4.69) is 32.8 Å². The van der Waals surface area contributed by atoms with E-state index in [0.29, 0.717) is 11.8 Å². The van der Waals surface area contributed by atoms with E-state index in [4.69, 9.17) is 5.84 Å². The number of nitrogens with zero attached hydrogens (tertiary/aromatic N) is 1. The number of rotatable bonds is 2. The maximum Gasteiger partial charge on any atom is 1.00 e. The van der Waals surface area contributed by atoms with E-state index in [1.165, 1.54) is 0 Å². The molecule has 0 aliphatic heterocycles. The van der Waals surface area contributed by atoms with E-state index >= 15 is 0 Å². The fourth-order valence-corrected chi connectivity index (χ4v) is 0.925. The number of hydrogen-bond donors (Lipinski definition) is 0. The van der Waals surface area contributed by atoms with Gasteiger partial charge in [0.05, 0.1) is 0 Å². The van der Waals surface area contributed by atoms with Crippen molar-refractivity contribution < 1.29 is 18.9 Å². The molecule has 0 amide bonds. The molecule has 10 heavy (non-hydrogen) atoms. The third-order valence-corrected chi connectivity index (χ3v) is 1.31. The quantitative estimate of drug-likeness (QED) is 0.283. The number of hydrogen-bond acceptors (Lipinski definition) is 1. The van der Waals surface area contributed by atoms with Crippen molar-refractivity contribution in [3.8, 4) is 0 Å². The van der Waals surface area contributed by atoms with Crippen molar-refractivity contribution in [1.82, 2.24) is 0 Å². The molecule has 3 heteroatoms. The van der Waals surface area contributed by atoms with Gasteiger partial charge in [0.15, 0.2) is 0 Å². The first-order chi connectivity index (χ1) is 4.09. The summed E-state index contributed by atoms with van der Waals surface area (Å²) in [5.74, 6) is 7.65. The first-order valence-corrected chi connectivity index (χ1v) is 3.33. The van der Waals surface area contributed by atoms with Gasteiger partial charge in [-0.05, 0) is 17.5 Å². The minimum Gasteiger partial charge on any atom is -0.617 e. The van der Waals surface area contributed by atoms with Crippen molar-refractivity contribution in [3.63, 3.8) is 0 Å².